The molecule has 2 heterocycles. The van der Waals surface area contributed by atoms with Gasteiger partial charge in [-0.25, -0.2) is 14.8 Å². The maximum Gasteiger partial charge on any atom is 0.357 e. The molecule has 3 rings (SSSR count). The molecule has 0 aliphatic heterocycles. The fourth-order valence-electron chi connectivity index (χ4n) is 1.71. The summed E-state index contributed by atoms with van der Waals surface area (Å²) in [7, 11) is 0. The largest absolute Gasteiger partial charge is 0.454 e. The Labute approximate surface area is 113 Å². The Morgan fingerprint density at radius 3 is 2.95 bits per heavy atom. The number of nitrogens with zero attached hydrogens (tertiary/aromatic N) is 2. The van der Waals surface area contributed by atoms with E-state index in [1.165, 1.54) is 11.3 Å². The SMILES string of the molecule is O=C(OCc1nccs1)c1ccc2ccccc2n1. The number of carbonyl (C=O) groups is 1. The second-order valence-corrected chi connectivity index (χ2v) is 4.87. The molecule has 0 N–H and O–H groups in total. The Balaban J connectivity index is 1.77. The maximum atomic E-state index is 11.9. The van der Waals surface area contributed by atoms with Crippen molar-refractivity contribution < 1.29 is 9.53 Å². The quantitative estimate of drug-likeness (QED) is 0.686. The fourth-order valence-corrected chi connectivity index (χ4v) is 2.23. The highest BCUT2D eigenvalue weighted by atomic mass is 32.1. The molecule has 94 valence electrons. The molecule has 0 atom stereocenters. The van der Waals surface area contributed by atoms with E-state index in [0.29, 0.717) is 5.69 Å². The molecule has 3 aromatic rings. The minimum Gasteiger partial charge on any atom is -0.454 e. The van der Waals surface area contributed by atoms with Crippen LogP contribution < -0.4 is 0 Å². The van der Waals surface area contributed by atoms with Crippen LogP contribution in [0.15, 0.2) is 48.0 Å². The minimum atomic E-state index is -0.430. The van der Waals surface area contributed by atoms with Gasteiger partial charge in [-0.3, -0.25) is 0 Å². The van der Waals surface area contributed by atoms with Crippen LogP contribution in [0.5, 0.6) is 0 Å². The molecule has 0 bridgehead atoms. The van der Waals surface area contributed by atoms with Gasteiger partial charge in [-0.05, 0) is 12.1 Å². The van der Waals surface area contributed by atoms with Crippen LogP contribution in [0.25, 0.3) is 10.9 Å². The van der Waals surface area contributed by atoms with Gasteiger partial charge in [-0.2, -0.15) is 0 Å². The van der Waals surface area contributed by atoms with Crippen LogP contribution in [0.2, 0.25) is 0 Å². The Kier molecular flexibility index (Phi) is 3.20. The molecule has 0 radical (unpaired) electrons. The number of esters is 1. The molecule has 0 aliphatic rings. The van der Waals surface area contributed by atoms with Gasteiger partial charge in [0.05, 0.1) is 5.52 Å². The van der Waals surface area contributed by atoms with Crippen molar-refractivity contribution in [1.29, 1.82) is 0 Å². The van der Waals surface area contributed by atoms with Crippen molar-refractivity contribution >= 4 is 28.2 Å². The van der Waals surface area contributed by atoms with Crippen molar-refractivity contribution in [2.75, 3.05) is 0 Å². The normalized spacial score (nSPS) is 10.5. The minimum absolute atomic E-state index is 0.186. The first-order chi connectivity index (χ1) is 9.33. The summed E-state index contributed by atoms with van der Waals surface area (Å²) in [5, 5.41) is 3.62. The van der Waals surface area contributed by atoms with Crippen molar-refractivity contribution in [3.05, 3.63) is 58.7 Å². The van der Waals surface area contributed by atoms with Gasteiger partial charge in [-0.15, -0.1) is 11.3 Å². The number of thiazole rings is 1. The molecule has 0 unspecified atom stereocenters. The molecule has 19 heavy (non-hydrogen) atoms. The van der Waals surface area contributed by atoms with E-state index >= 15 is 0 Å². The Hall–Kier alpha value is -2.27. The van der Waals surface area contributed by atoms with Crippen LogP contribution >= 0.6 is 11.3 Å². The number of benzene rings is 1. The van der Waals surface area contributed by atoms with Crippen molar-refractivity contribution in [1.82, 2.24) is 9.97 Å². The van der Waals surface area contributed by atoms with E-state index in [1.807, 2.05) is 35.7 Å². The smallest absolute Gasteiger partial charge is 0.357 e. The van der Waals surface area contributed by atoms with Gasteiger partial charge in [0, 0.05) is 17.0 Å². The van der Waals surface area contributed by atoms with Gasteiger partial charge in [-0.1, -0.05) is 24.3 Å². The predicted molar refractivity (Wildman–Crippen MR) is 73.0 cm³/mol. The second-order valence-electron chi connectivity index (χ2n) is 3.89. The van der Waals surface area contributed by atoms with Crippen molar-refractivity contribution in [3.8, 4) is 0 Å². The van der Waals surface area contributed by atoms with Crippen molar-refractivity contribution in [2.24, 2.45) is 0 Å². The summed E-state index contributed by atoms with van der Waals surface area (Å²) in [6.45, 7) is 0.186. The van der Waals surface area contributed by atoms with Gasteiger partial charge in [0.1, 0.15) is 17.3 Å². The highest BCUT2D eigenvalue weighted by molar-refractivity contribution is 7.09. The van der Waals surface area contributed by atoms with Crippen LogP contribution in [0.1, 0.15) is 15.5 Å². The summed E-state index contributed by atoms with van der Waals surface area (Å²) >= 11 is 1.45. The average molecular weight is 270 g/mol. The number of rotatable bonds is 3. The number of para-hydroxylation sites is 1. The topological polar surface area (TPSA) is 52.1 Å². The summed E-state index contributed by atoms with van der Waals surface area (Å²) in [6, 6.07) is 11.2. The van der Waals surface area contributed by atoms with Gasteiger partial charge in [0.15, 0.2) is 0 Å². The molecule has 1 aromatic carbocycles. The third kappa shape index (κ3) is 2.61. The number of aromatic nitrogens is 2. The molecule has 0 saturated heterocycles. The molecule has 2 aromatic heterocycles. The standard InChI is InChI=1S/C14H10N2O2S/c17-14(18-9-13-15-7-8-19-13)12-6-5-10-3-1-2-4-11(10)16-12/h1-8H,9H2. The lowest BCUT2D eigenvalue weighted by atomic mass is 10.2. The molecule has 5 heteroatoms. The van der Waals surface area contributed by atoms with Gasteiger partial charge >= 0.3 is 5.97 Å². The summed E-state index contributed by atoms with van der Waals surface area (Å²) < 4.78 is 5.17. The zero-order valence-electron chi connectivity index (χ0n) is 9.95. The lowest BCUT2D eigenvalue weighted by Crippen LogP contribution is -2.07. The molecular weight excluding hydrogens is 260 g/mol. The fraction of sp³-hybridized carbons (Fsp3) is 0.0714. The first-order valence-corrected chi connectivity index (χ1v) is 6.62. The van der Waals surface area contributed by atoms with Gasteiger partial charge < -0.3 is 4.74 Å². The van der Waals surface area contributed by atoms with Crippen LogP contribution in [-0.4, -0.2) is 15.9 Å². The molecule has 0 aliphatic carbocycles. The van der Waals surface area contributed by atoms with E-state index in [0.717, 1.165) is 15.9 Å². The third-order valence-corrected chi connectivity index (χ3v) is 3.37. The first kappa shape index (κ1) is 11.8. The third-order valence-electron chi connectivity index (χ3n) is 2.62. The van der Waals surface area contributed by atoms with Crippen LogP contribution in [0, 0.1) is 0 Å². The zero-order valence-corrected chi connectivity index (χ0v) is 10.8. The average Bonchev–Trinajstić information content (AvgIpc) is 2.97. The zero-order chi connectivity index (χ0) is 13.1. The van der Waals surface area contributed by atoms with Crippen LogP contribution in [-0.2, 0) is 11.3 Å². The maximum absolute atomic E-state index is 11.9. The first-order valence-electron chi connectivity index (χ1n) is 5.74. The number of carbonyl (C=O) groups excluding carboxylic acids is 1. The van der Waals surface area contributed by atoms with E-state index in [2.05, 4.69) is 9.97 Å². The monoisotopic (exact) mass is 270 g/mol. The summed E-state index contributed by atoms with van der Waals surface area (Å²) in [5.74, 6) is -0.430. The molecule has 4 nitrogen and oxygen atoms in total. The van der Waals surface area contributed by atoms with Crippen LogP contribution in [0.4, 0.5) is 0 Å². The summed E-state index contributed by atoms with van der Waals surface area (Å²) in [5.41, 5.74) is 1.10. The van der Waals surface area contributed by atoms with E-state index in [4.69, 9.17) is 4.74 Å². The molecule has 0 amide bonds. The van der Waals surface area contributed by atoms with E-state index in [9.17, 15) is 4.79 Å². The predicted octanol–water partition coefficient (Wildman–Crippen LogP) is 3.05. The molecule has 0 saturated carbocycles. The van der Waals surface area contributed by atoms with Crippen molar-refractivity contribution in [3.63, 3.8) is 0 Å². The van der Waals surface area contributed by atoms with Gasteiger partial charge in [0.2, 0.25) is 0 Å². The lowest BCUT2D eigenvalue weighted by molar-refractivity contribution is 0.0466. The number of ether oxygens (including phenoxy) is 1. The highest BCUT2D eigenvalue weighted by Gasteiger charge is 2.10. The number of hydrogen-bond acceptors (Lipinski definition) is 5. The van der Waals surface area contributed by atoms with Gasteiger partial charge in [0.25, 0.3) is 0 Å². The molecular formula is C14H10N2O2S. The Morgan fingerprint density at radius 2 is 2.11 bits per heavy atom. The number of hydrogen-bond donors (Lipinski definition) is 0. The highest BCUT2D eigenvalue weighted by Crippen LogP contribution is 2.13. The Morgan fingerprint density at radius 1 is 1.21 bits per heavy atom. The van der Waals surface area contributed by atoms with E-state index < -0.39 is 5.97 Å². The Bertz CT molecular complexity index is 710. The molecule has 0 fully saturated rings. The second kappa shape index (κ2) is 5.16. The van der Waals surface area contributed by atoms with E-state index in [-0.39, 0.29) is 6.61 Å². The lowest BCUT2D eigenvalue weighted by Gasteiger charge is -2.03. The number of fused-ring (bicyclic) bond motifs is 1. The summed E-state index contributed by atoms with van der Waals surface area (Å²) in [4.78, 5) is 20.2. The summed E-state index contributed by atoms with van der Waals surface area (Å²) in [6.07, 6.45) is 1.68. The van der Waals surface area contributed by atoms with E-state index in [1.54, 1.807) is 12.3 Å². The number of pyridine rings is 1. The molecule has 0 spiro atoms. The van der Waals surface area contributed by atoms with Crippen molar-refractivity contribution in [2.45, 2.75) is 6.61 Å². The van der Waals surface area contributed by atoms with Crippen LogP contribution in [0.3, 0.4) is 0 Å².